The largest absolute Gasteiger partial charge is 0.0958 e. The van der Waals surface area contributed by atoms with Crippen molar-refractivity contribution >= 4 is 0 Å². The van der Waals surface area contributed by atoms with E-state index in [1.807, 2.05) is 0 Å². The molecule has 0 radical (unpaired) electrons. The van der Waals surface area contributed by atoms with Crippen molar-refractivity contribution in [3.8, 4) is 0 Å². The Morgan fingerprint density at radius 2 is 1.95 bits per heavy atom. The molecule has 0 aromatic heterocycles. The zero-order valence-electron chi connectivity index (χ0n) is 14.2. The highest BCUT2D eigenvalue weighted by Gasteiger charge is 2.56. The maximum atomic E-state index is 4.23. The third-order valence-corrected chi connectivity index (χ3v) is 8.23. The Morgan fingerprint density at radius 3 is 2.76 bits per heavy atom. The van der Waals surface area contributed by atoms with Gasteiger partial charge < -0.3 is 0 Å². The molecular weight excluding hydrogens is 252 g/mol. The van der Waals surface area contributed by atoms with Gasteiger partial charge in [-0.25, -0.2) is 0 Å². The predicted molar refractivity (Wildman–Crippen MR) is 89.9 cm³/mol. The fourth-order valence-corrected chi connectivity index (χ4v) is 6.95. The predicted octanol–water partition coefficient (Wildman–Crippen LogP) is 6.00. The Labute approximate surface area is 131 Å². The molecule has 0 heteroatoms. The average molecular weight is 284 g/mol. The molecule has 5 unspecified atom stereocenters. The fourth-order valence-electron chi connectivity index (χ4n) is 6.95. The summed E-state index contributed by atoms with van der Waals surface area (Å²) in [6.45, 7) is 12.0. The van der Waals surface area contributed by atoms with Gasteiger partial charge in [-0.3, -0.25) is 0 Å². The van der Waals surface area contributed by atoms with Crippen LogP contribution in [0.1, 0.15) is 65.7 Å². The van der Waals surface area contributed by atoms with E-state index in [0.29, 0.717) is 5.41 Å². The summed E-state index contributed by atoms with van der Waals surface area (Å²) >= 11 is 0. The Kier molecular flexibility index (Phi) is 3.18. The van der Waals surface area contributed by atoms with Gasteiger partial charge in [-0.2, -0.15) is 0 Å². The van der Waals surface area contributed by atoms with E-state index in [1.54, 1.807) is 5.57 Å². The van der Waals surface area contributed by atoms with Gasteiger partial charge in [0.1, 0.15) is 0 Å². The molecule has 0 aromatic carbocycles. The van der Waals surface area contributed by atoms with Gasteiger partial charge in [0.2, 0.25) is 0 Å². The van der Waals surface area contributed by atoms with Crippen molar-refractivity contribution < 1.29 is 0 Å². The minimum Gasteiger partial charge on any atom is -0.0958 e. The maximum absolute atomic E-state index is 4.23. The summed E-state index contributed by atoms with van der Waals surface area (Å²) in [7, 11) is 0. The SMILES string of the molecule is C=C1C=C2C[C@@H](C)C3C(CCC4(C)C3CC[C@@H]4C)C2CC1. The van der Waals surface area contributed by atoms with Gasteiger partial charge in [-0.15, -0.1) is 0 Å². The van der Waals surface area contributed by atoms with Crippen LogP contribution in [0.15, 0.2) is 23.8 Å². The van der Waals surface area contributed by atoms with Gasteiger partial charge in [0, 0.05) is 0 Å². The lowest BCUT2D eigenvalue weighted by Gasteiger charge is -2.56. The van der Waals surface area contributed by atoms with Crippen molar-refractivity contribution in [2.45, 2.75) is 65.7 Å². The second-order valence-corrected chi connectivity index (χ2v) is 9.07. The van der Waals surface area contributed by atoms with Crippen LogP contribution < -0.4 is 0 Å². The van der Waals surface area contributed by atoms with Crippen LogP contribution in [-0.4, -0.2) is 0 Å². The van der Waals surface area contributed by atoms with Crippen LogP contribution in [0.3, 0.4) is 0 Å². The molecule has 0 aliphatic heterocycles. The summed E-state index contributed by atoms with van der Waals surface area (Å²) in [5.74, 6) is 5.81. The summed E-state index contributed by atoms with van der Waals surface area (Å²) in [6, 6.07) is 0. The molecule has 0 heterocycles. The second kappa shape index (κ2) is 4.74. The molecule has 0 nitrogen and oxygen atoms in total. The average Bonchev–Trinajstić information content (AvgIpc) is 2.74. The van der Waals surface area contributed by atoms with E-state index in [4.69, 9.17) is 0 Å². The third kappa shape index (κ3) is 1.93. The molecule has 3 saturated carbocycles. The van der Waals surface area contributed by atoms with E-state index >= 15 is 0 Å². The molecule has 0 saturated heterocycles. The number of rotatable bonds is 0. The van der Waals surface area contributed by atoms with Crippen LogP contribution in [0.4, 0.5) is 0 Å². The summed E-state index contributed by atoms with van der Waals surface area (Å²) < 4.78 is 0. The van der Waals surface area contributed by atoms with E-state index in [9.17, 15) is 0 Å². The molecule has 7 atom stereocenters. The molecule has 0 N–H and O–H groups in total. The van der Waals surface area contributed by atoms with Crippen molar-refractivity contribution in [1.29, 1.82) is 0 Å². The molecule has 3 fully saturated rings. The highest BCUT2D eigenvalue weighted by atomic mass is 14.6. The van der Waals surface area contributed by atoms with Crippen LogP contribution in [0.25, 0.3) is 0 Å². The molecule has 21 heavy (non-hydrogen) atoms. The summed E-state index contributed by atoms with van der Waals surface area (Å²) in [5, 5.41) is 0. The van der Waals surface area contributed by atoms with E-state index in [0.717, 1.165) is 35.5 Å². The summed E-state index contributed by atoms with van der Waals surface area (Å²) in [6.07, 6.45) is 12.5. The first-order valence-corrected chi connectivity index (χ1v) is 9.39. The highest BCUT2D eigenvalue weighted by Crippen LogP contribution is 2.64. The van der Waals surface area contributed by atoms with Gasteiger partial charge in [-0.05, 0) is 85.9 Å². The third-order valence-electron chi connectivity index (χ3n) is 8.23. The van der Waals surface area contributed by atoms with Crippen molar-refractivity contribution in [2.75, 3.05) is 0 Å². The summed E-state index contributed by atoms with van der Waals surface area (Å²) in [4.78, 5) is 0. The molecule has 0 bridgehead atoms. The molecule has 4 aliphatic rings. The molecule has 4 rings (SSSR count). The Hall–Kier alpha value is -0.520. The van der Waals surface area contributed by atoms with Crippen molar-refractivity contribution in [1.82, 2.24) is 0 Å². The maximum Gasteiger partial charge on any atom is -0.0166 e. The molecule has 0 amide bonds. The first-order valence-electron chi connectivity index (χ1n) is 9.39. The monoisotopic (exact) mass is 284 g/mol. The lowest BCUT2D eigenvalue weighted by atomic mass is 9.49. The Bertz CT molecular complexity index is 484. The van der Waals surface area contributed by atoms with Crippen LogP contribution >= 0.6 is 0 Å². The Balaban J connectivity index is 1.68. The van der Waals surface area contributed by atoms with E-state index in [-0.39, 0.29) is 0 Å². The van der Waals surface area contributed by atoms with Gasteiger partial charge in [0.25, 0.3) is 0 Å². The van der Waals surface area contributed by atoms with E-state index in [2.05, 4.69) is 33.4 Å². The van der Waals surface area contributed by atoms with E-state index in [1.165, 1.54) is 50.5 Å². The van der Waals surface area contributed by atoms with Crippen molar-refractivity contribution in [3.63, 3.8) is 0 Å². The number of hydrogen-bond acceptors (Lipinski definition) is 0. The molecule has 0 spiro atoms. The van der Waals surface area contributed by atoms with Gasteiger partial charge in [-0.1, -0.05) is 44.6 Å². The first kappa shape index (κ1) is 14.1. The standard InChI is InChI=1S/C21H32/c1-13-5-7-17-16(11-13)12-14(2)20-18(17)9-10-21(4)15(3)6-8-19(20)21/h11,14-15,17-20H,1,5-10,12H2,2-4H3/t14-,15+,17?,18?,19?,20?,21?/m1/s1. The first-order chi connectivity index (χ1) is 10.0. The molecule has 4 aliphatic carbocycles. The highest BCUT2D eigenvalue weighted by molar-refractivity contribution is 5.30. The van der Waals surface area contributed by atoms with Crippen LogP contribution in [0.5, 0.6) is 0 Å². The minimum absolute atomic E-state index is 0.662. The smallest absolute Gasteiger partial charge is 0.0166 e. The molecular formula is C21H32. The zero-order valence-corrected chi connectivity index (χ0v) is 14.2. The fraction of sp³-hybridized carbons (Fsp3) is 0.810. The number of allylic oxidation sites excluding steroid dienone is 3. The quantitative estimate of drug-likeness (QED) is 0.512. The van der Waals surface area contributed by atoms with Gasteiger partial charge >= 0.3 is 0 Å². The van der Waals surface area contributed by atoms with Crippen molar-refractivity contribution in [3.05, 3.63) is 23.8 Å². The summed E-state index contributed by atoms with van der Waals surface area (Å²) in [5.41, 5.74) is 3.83. The lowest BCUT2D eigenvalue weighted by molar-refractivity contribution is -0.0424. The van der Waals surface area contributed by atoms with Crippen LogP contribution in [0.2, 0.25) is 0 Å². The second-order valence-electron chi connectivity index (χ2n) is 9.07. The minimum atomic E-state index is 0.662. The van der Waals surface area contributed by atoms with Crippen LogP contribution in [-0.2, 0) is 0 Å². The number of fused-ring (bicyclic) bond motifs is 5. The molecule has 116 valence electrons. The van der Waals surface area contributed by atoms with Gasteiger partial charge in [0.05, 0.1) is 0 Å². The lowest BCUT2D eigenvalue weighted by Crippen LogP contribution is -2.48. The Morgan fingerprint density at radius 1 is 1.14 bits per heavy atom. The number of hydrogen-bond donors (Lipinski definition) is 0. The topological polar surface area (TPSA) is 0 Å². The van der Waals surface area contributed by atoms with Crippen LogP contribution in [0, 0.1) is 40.9 Å². The van der Waals surface area contributed by atoms with E-state index < -0.39 is 0 Å². The normalized spacial score (nSPS) is 52.7. The van der Waals surface area contributed by atoms with Gasteiger partial charge in [0.15, 0.2) is 0 Å². The van der Waals surface area contributed by atoms with Crippen molar-refractivity contribution in [2.24, 2.45) is 40.9 Å². The zero-order chi connectivity index (χ0) is 14.8. The molecule has 0 aromatic rings.